The zero-order valence-corrected chi connectivity index (χ0v) is 11.8. The molecule has 0 spiro atoms. The highest BCUT2D eigenvalue weighted by molar-refractivity contribution is 7.89. The van der Waals surface area contributed by atoms with Crippen LogP contribution >= 0.6 is 0 Å². The number of ether oxygens (including phenoxy) is 1. The summed E-state index contributed by atoms with van der Waals surface area (Å²) >= 11 is 0. The highest BCUT2D eigenvalue weighted by atomic mass is 32.2. The molecule has 1 aromatic carbocycles. The maximum absolute atomic E-state index is 12.4. The Labute approximate surface area is 118 Å². The van der Waals surface area contributed by atoms with Gasteiger partial charge in [-0.2, -0.15) is 4.31 Å². The lowest BCUT2D eigenvalue weighted by Gasteiger charge is -2.25. The maximum atomic E-state index is 12.4. The Bertz CT molecular complexity index is 561. The van der Waals surface area contributed by atoms with Crippen LogP contribution in [0.4, 0.5) is 0 Å². The molecule has 0 saturated carbocycles. The number of hydrogen-bond acceptors (Lipinski definition) is 4. The maximum Gasteiger partial charge on any atom is 0.341 e. The van der Waals surface area contributed by atoms with Crippen molar-refractivity contribution < 1.29 is 23.1 Å². The van der Waals surface area contributed by atoms with Crippen LogP contribution in [0.3, 0.4) is 0 Å². The van der Waals surface area contributed by atoms with Crippen molar-refractivity contribution in [2.45, 2.75) is 24.2 Å². The minimum atomic E-state index is -3.45. The van der Waals surface area contributed by atoms with E-state index in [2.05, 4.69) is 0 Å². The number of carboxylic acids is 1. The van der Waals surface area contributed by atoms with Crippen LogP contribution in [0.2, 0.25) is 0 Å². The van der Waals surface area contributed by atoms with E-state index < -0.39 is 22.6 Å². The number of carboxylic acid groups (broad SMARTS) is 1. The summed E-state index contributed by atoms with van der Waals surface area (Å²) in [5.74, 6) is -0.736. The molecule has 0 amide bonds. The van der Waals surface area contributed by atoms with Crippen LogP contribution in [0.1, 0.15) is 19.3 Å². The Morgan fingerprint density at radius 1 is 1.15 bits per heavy atom. The monoisotopic (exact) mass is 299 g/mol. The molecule has 0 unspecified atom stereocenters. The van der Waals surface area contributed by atoms with Crippen molar-refractivity contribution >= 4 is 16.0 Å². The Kier molecular flexibility index (Phi) is 4.61. The van der Waals surface area contributed by atoms with Crippen molar-refractivity contribution in [2.75, 3.05) is 19.7 Å². The van der Waals surface area contributed by atoms with Gasteiger partial charge in [-0.05, 0) is 37.1 Å². The van der Waals surface area contributed by atoms with E-state index in [1.165, 1.54) is 28.6 Å². The largest absolute Gasteiger partial charge is 0.482 e. The summed E-state index contributed by atoms with van der Waals surface area (Å²) < 4.78 is 31.2. The number of benzene rings is 1. The molecule has 6 nitrogen and oxygen atoms in total. The van der Waals surface area contributed by atoms with Crippen molar-refractivity contribution in [2.24, 2.45) is 0 Å². The molecule has 1 heterocycles. The normalized spacial score (nSPS) is 16.8. The van der Waals surface area contributed by atoms with Gasteiger partial charge < -0.3 is 9.84 Å². The zero-order valence-electron chi connectivity index (χ0n) is 11.0. The minimum absolute atomic E-state index is 0.210. The summed E-state index contributed by atoms with van der Waals surface area (Å²) in [6, 6.07) is 5.84. The van der Waals surface area contributed by atoms with Crippen LogP contribution in [0, 0.1) is 0 Å². The van der Waals surface area contributed by atoms with Crippen LogP contribution in [-0.2, 0) is 14.8 Å². The molecule has 1 aliphatic heterocycles. The molecule has 0 atom stereocenters. The summed E-state index contributed by atoms with van der Waals surface area (Å²) in [4.78, 5) is 10.6. The van der Waals surface area contributed by atoms with E-state index in [0.717, 1.165) is 19.3 Å². The third-order valence-corrected chi connectivity index (χ3v) is 5.05. The van der Waals surface area contributed by atoms with Gasteiger partial charge in [-0.15, -0.1) is 0 Å². The third kappa shape index (κ3) is 3.49. The number of rotatable bonds is 5. The molecule has 0 aliphatic carbocycles. The molecular formula is C13H17NO5S. The predicted octanol–water partition coefficient (Wildman–Crippen LogP) is 1.32. The molecular weight excluding hydrogens is 282 g/mol. The summed E-state index contributed by atoms with van der Waals surface area (Å²) in [5, 5.41) is 8.50. The summed E-state index contributed by atoms with van der Waals surface area (Å²) in [6.07, 6.45) is 2.84. The van der Waals surface area contributed by atoms with Gasteiger partial charge in [-0.1, -0.05) is 6.42 Å². The van der Waals surface area contributed by atoms with Gasteiger partial charge in [0.2, 0.25) is 10.0 Å². The fraction of sp³-hybridized carbons (Fsp3) is 0.462. The van der Waals surface area contributed by atoms with Gasteiger partial charge in [0.05, 0.1) is 4.90 Å². The Balaban J connectivity index is 2.10. The highest BCUT2D eigenvalue weighted by Crippen LogP contribution is 2.22. The second-order valence-electron chi connectivity index (χ2n) is 4.62. The first kappa shape index (κ1) is 14.8. The smallest absolute Gasteiger partial charge is 0.341 e. The second kappa shape index (κ2) is 6.23. The number of aliphatic carboxylic acids is 1. The van der Waals surface area contributed by atoms with Crippen LogP contribution in [-0.4, -0.2) is 43.5 Å². The lowest BCUT2D eigenvalue weighted by molar-refractivity contribution is -0.139. The van der Waals surface area contributed by atoms with Crippen molar-refractivity contribution in [3.05, 3.63) is 24.3 Å². The van der Waals surface area contributed by atoms with Gasteiger partial charge in [-0.3, -0.25) is 0 Å². The summed E-state index contributed by atoms with van der Waals surface area (Å²) in [6.45, 7) is 0.664. The minimum Gasteiger partial charge on any atom is -0.482 e. The van der Waals surface area contributed by atoms with Crippen molar-refractivity contribution in [1.82, 2.24) is 4.31 Å². The first-order chi connectivity index (χ1) is 9.50. The first-order valence-electron chi connectivity index (χ1n) is 6.45. The van der Waals surface area contributed by atoms with Crippen LogP contribution in [0.15, 0.2) is 29.2 Å². The van der Waals surface area contributed by atoms with Gasteiger partial charge in [-0.25, -0.2) is 13.2 Å². The number of sulfonamides is 1. The predicted molar refractivity (Wildman–Crippen MR) is 72.2 cm³/mol. The molecule has 1 aromatic rings. The summed E-state index contributed by atoms with van der Waals surface area (Å²) in [7, 11) is -3.45. The number of nitrogens with zero attached hydrogens (tertiary/aromatic N) is 1. The van der Waals surface area contributed by atoms with Crippen LogP contribution < -0.4 is 4.74 Å². The van der Waals surface area contributed by atoms with E-state index in [0.29, 0.717) is 18.8 Å². The Morgan fingerprint density at radius 2 is 1.75 bits per heavy atom. The molecule has 1 saturated heterocycles. The number of hydrogen-bond donors (Lipinski definition) is 1. The van der Waals surface area contributed by atoms with E-state index in [-0.39, 0.29) is 4.90 Å². The van der Waals surface area contributed by atoms with Crippen molar-refractivity contribution in [3.8, 4) is 5.75 Å². The zero-order chi connectivity index (χ0) is 14.6. The molecule has 1 fully saturated rings. The molecule has 20 heavy (non-hydrogen) atoms. The fourth-order valence-electron chi connectivity index (χ4n) is 2.11. The van der Waals surface area contributed by atoms with E-state index in [1.807, 2.05) is 0 Å². The molecule has 1 aliphatic rings. The number of carbonyl (C=O) groups is 1. The quantitative estimate of drug-likeness (QED) is 0.886. The standard InChI is InChI=1S/C13H17NO5S/c15-13(16)10-19-11-4-6-12(7-5-11)20(17,18)14-8-2-1-3-9-14/h4-7H,1-3,8-10H2,(H,15,16). The molecule has 1 N–H and O–H groups in total. The molecule has 110 valence electrons. The SMILES string of the molecule is O=C(O)COc1ccc(S(=O)(=O)N2CCCCC2)cc1. The van der Waals surface area contributed by atoms with E-state index >= 15 is 0 Å². The summed E-state index contributed by atoms with van der Waals surface area (Å²) in [5.41, 5.74) is 0. The van der Waals surface area contributed by atoms with Gasteiger partial charge in [0.15, 0.2) is 6.61 Å². The fourth-order valence-corrected chi connectivity index (χ4v) is 3.62. The van der Waals surface area contributed by atoms with Gasteiger partial charge in [0.25, 0.3) is 0 Å². The Hall–Kier alpha value is -1.60. The van der Waals surface area contributed by atoms with Gasteiger partial charge >= 0.3 is 5.97 Å². The molecule has 0 aromatic heterocycles. The van der Waals surface area contributed by atoms with Crippen LogP contribution in [0.5, 0.6) is 5.75 Å². The second-order valence-corrected chi connectivity index (χ2v) is 6.56. The Morgan fingerprint density at radius 3 is 2.30 bits per heavy atom. The average Bonchev–Trinajstić information content (AvgIpc) is 2.46. The molecule has 0 bridgehead atoms. The lowest BCUT2D eigenvalue weighted by atomic mass is 10.2. The molecule has 7 heteroatoms. The topological polar surface area (TPSA) is 83.9 Å². The van der Waals surface area contributed by atoms with Gasteiger partial charge in [0, 0.05) is 13.1 Å². The highest BCUT2D eigenvalue weighted by Gasteiger charge is 2.25. The third-order valence-electron chi connectivity index (χ3n) is 3.14. The van der Waals surface area contributed by atoms with Crippen molar-refractivity contribution in [1.29, 1.82) is 0 Å². The average molecular weight is 299 g/mol. The number of piperidine rings is 1. The van der Waals surface area contributed by atoms with Crippen molar-refractivity contribution in [3.63, 3.8) is 0 Å². The van der Waals surface area contributed by atoms with E-state index in [9.17, 15) is 13.2 Å². The van der Waals surface area contributed by atoms with Gasteiger partial charge in [0.1, 0.15) is 5.75 Å². The molecule has 2 rings (SSSR count). The van der Waals surface area contributed by atoms with Crippen LogP contribution in [0.25, 0.3) is 0 Å². The van der Waals surface area contributed by atoms with E-state index in [4.69, 9.17) is 9.84 Å². The first-order valence-corrected chi connectivity index (χ1v) is 7.89. The molecule has 0 radical (unpaired) electrons. The lowest BCUT2D eigenvalue weighted by Crippen LogP contribution is -2.35. The van der Waals surface area contributed by atoms with E-state index in [1.54, 1.807) is 0 Å².